The van der Waals surface area contributed by atoms with Crippen molar-refractivity contribution in [2.45, 2.75) is 13.0 Å². The van der Waals surface area contributed by atoms with Gasteiger partial charge in [-0.3, -0.25) is 4.79 Å². The van der Waals surface area contributed by atoms with Crippen LogP contribution in [0.5, 0.6) is 0 Å². The van der Waals surface area contributed by atoms with E-state index in [-0.39, 0.29) is 18.6 Å². The summed E-state index contributed by atoms with van der Waals surface area (Å²) in [5.41, 5.74) is 0. The molecule has 0 aromatic carbocycles. The fraction of sp³-hybridized carbons (Fsp3) is 0.889. The second-order valence-electron chi connectivity index (χ2n) is 2.78. The van der Waals surface area contributed by atoms with Crippen LogP contribution >= 0.6 is 0 Å². The van der Waals surface area contributed by atoms with Gasteiger partial charge in [-0.05, 0) is 14.0 Å². The van der Waals surface area contributed by atoms with E-state index in [9.17, 15) is 4.79 Å². The maximum atomic E-state index is 11.1. The number of esters is 1. The molecule has 5 heteroatoms. The zero-order valence-corrected chi connectivity index (χ0v) is 9.04. The fourth-order valence-electron chi connectivity index (χ4n) is 0.688. The number of rotatable bonds is 8. The molecule has 84 valence electrons. The fourth-order valence-corrected chi connectivity index (χ4v) is 0.688. The van der Waals surface area contributed by atoms with Gasteiger partial charge < -0.3 is 19.5 Å². The zero-order chi connectivity index (χ0) is 10.8. The molecule has 0 aliphatic rings. The second kappa shape index (κ2) is 8.93. The van der Waals surface area contributed by atoms with Crippen molar-refractivity contribution in [3.8, 4) is 0 Å². The van der Waals surface area contributed by atoms with E-state index >= 15 is 0 Å². The van der Waals surface area contributed by atoms with E-state index in [4.69, 9.17) is 14.2 Å². The highest BCUT2D eigenvalue weighted by Gasteiger charge is 2.10. The number of methoxy groups -OCH3 is 1. The van der Waals surface area contributed by atoms with Crippen molar-refractivity contribution in [1.29, 1.82) is 0 Å². The van der Waals surface area contributed by atoms with E-state index < -0.39 is 0 Å². The average Bonchev–Trinajstić information content (AvgIpc) is 2.21. The van der Waals surface area contributed by atoms with Crippen LogP contribution in [0.3, 0.4) is 0 Å². The summed E-state index contributed by atoms with van der Waals surface area (Å²) in [6.45, 7) is 3.52. The van der Waals surface area contributed by atoms with Gasteiger partial charge in [0.15, 0.2) is 0 Å². The Balaban J connectivity index is 3.23. The molecular weight excluding hydrogens is 186 g/mol. The average molecular weight is 205 g/mol. The molecule has 0 aliphatic heterocycles. The minimum atomic E-state index is -0.269. The normalized spacial score (nSPS) is 12.5. The van der Waals surface area contributed by atoms with E-state index in [0.29, 0.717) is 19.8 Å². The van der Waals surface area contributed by atoms with Crippen LogP contribution in [-0.2, 0) is 19.0 Å². The molecule has 0 aliphatic carbocycles. The van der Waals surface area contributed by atoms with Crippen molar-refractivity contribution in [2.75, 3.05) is 40.6 Å². The lowest BCUT2D eigenvalue weighted by Crippen LogP contribution is -2.33. The van der Waals surface area contributed by atoms with Crippen molar-refractivity contribution >= 4 is 5.97 Å². The molecule has 0 aromatic rings. The van der Waals surface area contributed by atoms with Gasteiger partial charge in [-0.15, -0.1) is 0 Å². The van der Waals surface area contributed by atoms with Gasteiger partial charge in [0.1, 0.15) is 12.6 Å². The number of carbonyl (C=O) groups excluding carboxylic acids is 1. The molecule has 0 spiro atoms. The van der Waals surface area contributed by atoms with Crippen LogP contribution in [0.15, 0.2) is 0 Å². The Morgan fingerprint density at radius 3 is 2.50 bits per heavy atom. The number of carbonyl (C=O) groups is 1. The van der Waals surface area contributed by atoms with Crippen LogP contribution in [-0.4, -0.2) is 52.6 Å². The molecule has 5 nitrogen and oxygen atoms in total. The van der Waals surface area contributed by atoms with Crippen molar-refractivity contribution in [3.05, 3.63) is 0 Å². The Morgan fingerprint density at radius 1 is 1.29 bits per heavy atom. The van der Waals surface area contributed by atoms with Gasteiger partial charge in [-0.1, -0.05) is 0 Å². The van der Waals surface area contributed by atoms with E-state index in [1.54, 1.807) is 21.1 Å². The maximum Gasteiger partial charge on any atom is 0.322 e. The highest BCUT2D eigenvalue weighted by molar-refractivity contribution is 5.75. The van der Waals surface area contributed by atoms with Crippen LogP contribution in [0.4, 0.5) is 0 Å². The predicted octanol–water partition coefficient (Wildman–Crippen LogP) is -0.200. The third-order valence-electron chi connectivity index (χ3n) is 1.69. The molecule has 0 saturated heterocycles. The van der Waals surface area contributed by atoms with Crippen LogP contribution in [0.1, 0.15) is 6.92 Å². The lowest BCUT2D eigenvalue weighted by Gasteiger charge is -2.10. The Labute approximate surface area is 84.7 Å². The van der Waals surface area contributed by atoms with E-state index in [0.717, 1.165) is 0 Å². The molecular formula is C9H19NO4. The minimum Gasteiger partial charge on any atom is -0.462 e. The summed E-state index contributed by atoms with van der Waals surface area (Å²) in [4.78, 5) is 11.1. The highest BCUT2D eigenvalue weighted by atomic mass is 16.6. The molecule has 1 unspecified atom stereocenters. The number of ether oxygens (including phenoxy) is 3. The molecule has 1 N–H and O–H groups in total. The first-order valence-corrected chi connectivity index (χ1v) is 4.63. The Morgan fingerprint density at radius 2 is 1.93 bits per heavy atom. The van der Waals surface area contributed by atoms with Crippen LogP contribution in [0.25, 0.3) is 0 Å². The molecule has 0 radical (unpaired) electrons. The van der Waals surface area contributed by atoms with Gasteiger partial charge >= 0.3 is 5.97 Å². The number of hydrogen-bond acceptors (Lipinski definition) is 5. The number of nitrogens with one attached hydrogen (secondary N) is 1. The van der Waals surface area contributed by atoms with Crippen molar-refractivity contribution in [2.24, 2.45) is 0 Å². The van der Waals surface area contributed by atoms with Crippen molar-refractivity contribution in [3.63, 3.8) is 0 Å². The third-order valence-corrected chi connectivity index (χ3v) is 1.69. The van der Waals surface area contributed by atoms with Gasteiger partial charge in [-0.2, -0.15) is 0 Å². The minimum absolute atomic E-state index is 0.261. The molecule has 0 amide bonds. The molecule has 0 fully saturated rings. The smallest absolute Gasteiger partial charge is 0.322 e. The van der Waals surface area contributed by atoms with Crippen molar-refractivity contribution < 1.29 is 19.0 Å². The standard InChI is InChI=1S/C9H19NO4/c1-8(10-2)9(11)14-7-6-13-5-4-12-3/h8,10H,4-7H2,1-3H3. The topological polar surface area (TPSA) is 56.8 Å². The monoisotopic (exact) mass is 205 g/mol. The van der Waals surface area contributed by atoms with Crippen LogP contribution < -0.4 is 5.32 Å². The zero-order valence-electron chi connectivity index (χ0n) is 9.04. The lowest BCUT2D eigenvalue weighted by molar-refractivity contribution is -0.147. The SMILES string of the molecule is CNC(C)C(=O)OCCOCCOC. The maximum absolute atomic E-state index is 11.1. The summed E-state index contributed by atoms with van der Waals surface area (Å²) in [5.74, 6) is -0.261. The first-order valence-electron chi connectivity index (χ1n) is 4.63. The van der Waals surface area contributed by atoms with E-state index in [2.05, 4.69) is 5.32 Å². The van der Waals surface area contributed by atoms with Gasteiger partial charge in [0.05, 0.1) is 19.8 Å². The van der Waals surface area contributed by atoms with E-state index in [1.165, 1.54) is 0 Å². The van der Waals surface area contributed by atoms with Gasteiger partial charge in [0.25, 0.3) is 0 Å². The molecule has 0 heterocycles. The molecule has 0 saturated carbocycles. The summed E-state index contributed by atoms with van der Waals surface area (Å²) in [7, 11) is 3.32. The van der Waals surface area contributed by atoms with Gasteiger partial charge in [0.2, 0.25) is 0 Å². The molecule has 1 atom stereocenters. The molecule has 0 bridgehead atoms. The first-order chi connectivity index (χ1) is 6.72. The lowest BCUT2D eigenvalue weighted by atomic mass is 10.3. The largest absolute Gasteiger partial charge is 0.462 e. The van der Waals surface area contributed by atoms with Crippen molar-refractivity contribution in [1.82, 2.24) is 5.32 Å². The number of likely N-dealkylation sites (N-methyl/N-ethyl adjacent to an activating group) is 1. The van der Waals surface area contributed by atoms with Gasteiger partial charge in [-0.25, -0.2) is 0 Å². The van der Waals surface area contributed by atoms with Gasteiger partial charge in [0, 0.05) is 7.11 Å². The second-order valence-corrected chi connectivity index (χ2v) is 2.78. The van der Waals surface area contributed by atoms with Crippen LogP contribution in [0.2, 0.25) is 0 Å². The molecule has 0 aromatic heterocycles. The Hall–Kier alpha value is -0.650. The first kappa shape index (κ1) is 13.4. The summed E-state index contributed by atoms with van der Waals surface area (Å²) in [6.07, 6.45) is 0. The summed E-state index contributed by atoms with van der Waals surface area (Å²) in [5, 5.41) is 2.79. The number of hydrogen-bond donors (Lipinski definition) is 1. The molecule has 14 heavy (non-hydrogen) atoms. The Bertz CT molecular complexity index is 152. The van der Waals surface area contributed by atoms with Crippen LogP contribution in [0, 0.1) is 0 Å². The predicted molar refractivity (Wildman–Crippen MR) is 52.2 cm³/mol. The highest BCUT2D eigenvalue weighted by Crippen LogP contribution is 1.87. The summed E-state index contributed by atoms with van der Waals surface area (Å²) in [6, 6.07) is -0.269. The Kier molecular flexibility index (Phi) is 8.51. The summed E-state index contributed by atoms with van der Waals surface area (Å²) < 4.78 is 14.8. The van der Waals surface area contributed by atoms with E-state index in [1.807, 2.05) is 0 Å². The third kappa shape index (κ3) is 6.82. The summed E-state index contributed by atoms with van der Waals surface area (Å²) >= 11 is 0. The molecule has 0 rings (SSSR count). The quantitative estimate of drug-likeness (QED) is 0.439.